The van der Waals surface area contributed by atoms with Gasteiger partial charge in [-0.2, -0.15) is 0 Å². The number of ether oxygens (including phenoxy) is 2. The lowest BCUT2D eigenvalue weighted by molar-refractivity contribution is 0.0969. The van der Waals surface area contributed by atoms with Crippen molar-refractivity contribution in [2.75, 3.05) is 19.5 Å². The minimum Gasteiger partial charge on any atom is -0.493 e. The van der Waals surface area contributed by atoms with Crippen LogP contribution in [0.3, 0.4) is 0 Å². The average molecular weight is 376 g/mol. The molecule has 0 fully saturated rings. The zero-order chi connectivity index (χ0) is 18.1. The molecule has 0 saturated carbocycles. The second kappa shape index (κ2) is 7.02. The normalized spacial score (nSPS) is 15.7. The molecule has 1 aliphatic carbocycles. The molecule has 0 heterocycles. The Morgan fingerprint density at radius 2 is 1.88 bits per heavy atom. The molecule has 0 amide bonds. The topological polar surface area (TPSA) is 47.6 Å². The van der Waals surface area contributed by atoms with E-state index >= 15 is 0 Å². The number of carbonyl (C=O) groups is 1. The van der Waals surface area contributed by atoms with Crippen molar-refractivity contribution in [1.82, 2.24) is 0 Å². The van der Waals surface area contributed by atoms with E-state index in [-0.39, 0.29) is 5.78 Å². The number of halogens is 1. The number of Topliss-reactive ketones (excluding diaryl/α,β-unsaturated/α-hetero) is 1. The summed E-state index contributed by atoms with van der Waals surface area (Å²) in [7, 11) is 3.13. The van der Waals surface area contributed by atoms with Gasteiger partial charge in [-0.1, -0.05) is 23.8 Å². The van der Waals surface area contributed by atoms with Crippen LogP contribution in [0.4, 0.5) is 5.69 Å². The number of fused-ring (bicyclic) bond motifs is 1. The molecule has 2 aromatic carbocycles. The van der Waals surface area contributed by atoms with Crippen LogP contribution >= 0.6 is 23.8 Å². The highest BCUT2D eigenvalue weighted by Crippen LogP contribution is 2.37. The van der Waals surface area contributed by atoms with Crippen LogP contribution in [0.5, 0.6) is 11.5 Å². The van der Waals surface area contributed by atoms with Crippen LogP contribution in [0.25, 0.3) is 0 Å². The minimum atomic E-state index is -0.392. The van der Waals surface area contributed by atoms with Crippen LogP contribution in [0.2, 0.25) is 5.02 Å². The summed E-state index contributed by atoms with van der Waals surface area (Å²) in [5.74, 6) is 0.766. The molecule has 0 saturated heterocycles. The van der Waals surface area contributed by atoms with E-state index < -0.39 is 5.92 Å². The number of aryl methyl sites for hydroxylation is 1. The van der Waals surface area contributed by atoms with Crippen molar-refractivity contribution in [1.29, 1.82) is 0 Å². The Labute approximate surface area is 157 Å². The van der Waals surface area contributed by atoms with Gasteiger partial charge in [-0.15, -0.1) is 0 Å². The maximum atomic E-state index is 12.8. The molecule has 3 rings (SSSR count). The summed E-state index contributed by atoms with van der Waals surface area (Å²) in [4.78, 5) is 13.3. The number of hydrogen-bond donors (Lipinski definition) is 1. The molecule has 0 radical (unpaired) electrons. The van der Waals surface area contributed by atoms with E-state index in [0.717, 1.165) is 16.8 Å². The summed E-state index contributed by atoms with van der Waals surface area (Å²) in [5, 5.41) is 3.86. The quantitative estimate of drug-likeness (QED) is 0.799. The minimum absolute atomic E-state index is 0.0000645. The molecule has 1 aliphatic rings. The Morgan fingerprint density at radius 3 is 2.52 bits per heavy atom. The predicted octanol–water partition coefficient (Wildman–Crippen LogP) is 4.46. The van der Waals surface area contributed by atoms with Crippen molar-refractivity contribution in [3.63, 3.8) is 0 Å². The average Bonchev–Trinajstić information content (AvgIpc) is 2.92. The van der Waals surface area contributed by atoms with Crippen molar-refractivity contribution >= 4 is 40.3 Å². The molecule has 130 valence electrons. The lowest BCUT2D eigenvalue weighted by Gasteiger charge is -2.14. The fourth-order valence-corrected chi connectivity index (χ4v) is 3.55. The molecule has 1 N–H and O–H groups in total. The summed E-state index contributed by atoms with van der Waals surface area (Å²) < 4.78 is 10.6. The van der Waals surface area contributed by atoms with E-state index in [9.17, 15) is 4.79 Å². The molecular weight excluding hydrogens is 358 g/mol. The number of nitrogens with one attached hydrogen (secondary N) is 1. The highest BCUT2D eigenvalue weighted by Gasteiger charge is 2.35. The molecule has 0 aliphatic heterocycles. The fourth-order valence-electron chi connectivity index (χ4n) is 3.02. The number of anilines is 1. The molecule has 4 nitrogen and oxygen atoms in total. The van der Waals surface area contributed by atoms with E-state index in [2.05, 4.69) is 5.32 Å². The molecule has 6 heteroatoms. The number of ketones is 1. The first-order valence-corrected chi connectivity index (χ1v) is 8.59. The Hall–Kier alpha value is -2.11. The van der Waals surface area contributed by atoms with E-state index in [1.54, 1.807) is 26.4 Å². The van der Waals surface area contributed by atoms with Gasteiger partial charge in [0.2, 0.25) is 0 Å². The smallest absolute Gasteiger partial charge is 0.173 e. The maximum absolute atomic E-state index is 12.8. The van der Waals surface area contributed by atoms with Crippen LogP contribution in [0.1, 0.15) is 21.5 Å². The second-order valence-corrected chi connectivity index (χ2v) is 6.81. The summed E-state index contributed by atoms with van der Waals surface area (Å²) >= 11 is 11.5. The second-order valence-electron chi connectivity index (χ2n) is 5.93. The van der Waals surface area contributed by atoms with Crippen molar-refractivity contribution in [2.24, 2.45) is 5.92 Å². The molecule has 0 aromatic heterocycles. The summed E-state index contributed by atoms with van der Waals surface area (Å²) in [6.45, 7) is 1.94. The van der Waals surface area contributed by atoms with Crippen LogP contribution in [0.15, 0.2) is 30.3 Å². The number of carbonyl (C=O) groups excluding carboxylic acids is 1. The molecule has 0 spiro atoms. The number of methoxy groups -OCH3 is 2. The standard InChI is InChI=1S/C19H18ClNO3S/c1-10-6-12(20)4-5-15(10)21-19(25)14-7-11-8-16(23-2)17(24-3)9-13(11)18(14)22/h4-6,8-9,14H,7H2,1-3H3,(H,21,25). The lowest BCUT2D eigenvalue weighted by atomic mass is 10.0. The number of hydrogen-bond acceptors (Lipinski definition) is 4. The van der Waals surface area contributed by atoms with Gasteiger partial charge in [-0.05, 0) is 54.8 Å². The largest absolute Gasteiger partial charge is 0.493 e. The van der Waals surface area contributed by atoms with E-state index in [1.165, 1.54) is 0 Å². The van der Waals surface area contributed by atoms with Gasteiger partial charge in [0.05, 0.1) is 25.1 Å². The first-order chi connectivity index (χ1) is 11.9. The molecule has 1 atom stereocenters. The first-order valence-electron chi connectivity index (χ1n) is 7.80. The summed E-state index contributed by atoms with van der Waals surface area (Å²) in [5.41, 5.74) is 3.39. The van der Waals surface area contributed by atoms with E-state index in [4.69, 9.17) is 33.3 Å². The van der Waals surface area contributed by atoms with Crippen LogP contribution in [-0.4, -0.2) is 25.0 Å². The highest BCUT2D eigenvalue weighted by molar-refractivity contribution is 7.80. The summed E-state index contributed by atoms with van der Waals surface area (Å²) in [6, 6.07) is 9.09. The molecular formula is C19H18ClNO3S. The predicted molar refractivity (Wildman–Crippen MR) is 103 cm³/mol. The van der Waals surface area contributed by atoms with Gasteiger partial charge in [0, 0.05) is 16.3 Å². The van der Waals surface area contributed by atoms with Crippen LogP contribution < -0.4 is 14.8 Å². The monoisotopic (exact) mass is 375 g/mol. The van der Waals surface area contributed by atoms with E-state index in [0.29, 0.717) is 33.5 Å². The van der Waals surface area contributed by atoms with Gasteiger partial charge < -0.3 is 14.8 Å². The molecule has 25 heavy (non-hydrogen) atoms. The maximum Gasteiger partial charge on any atom is 0.173 e. The van der Waals surface area contributed by atoms with Crippen molar-refractivity contribution < 1.29 is 14.3 Å². The third kappa shape index (κ3) is 3.34. The van der Waals surface area contributed by atoms with Gasteiger partial charge in [0.1, 0.15) is 0 Å². The van der Waals surface area contributed by atoms with Gasteiger partial charge >= 0.3 is 0 Å². The zero-order valence-electron chi connectivity index (χ0n) is 14.2. The van der Waals surface area contributed by atoms with Crippen molar-refractivity contribution in [3.8, 4) is 11.5 Å². The highest BCUT2D eigenvalue weighted by atomic mass is 35.5. The third-order valence-corrected chi connectivity index (χ3v) is 5.00. The Bertz CT molecular complexity index is 866. The van der Waals surface area contributed by atoms with Crippen molar-refractivity contribution in [2.45, 2.75) is 13.3 Å². The number of rotatable bonds is 4. The fraction of sp³-hybridized carbons (Fsp3) is 0.263. The molecule has 0 bridgehead atoms. The van der Waals surface area contributed by atoms with E-state index in [1.807, 2.05) is 25.1 Å². The Kier molecular flexibility index (Phi) is 4.97. The summed E-state index contributed by atoms with van der Waals surface area (Å²) in [6.07, 6.45) is 0.549. The van der Waals surface area contributed by atoms with Crippen molar-refractivity contribution in [3.05, 3.63) is 52.0 Å². The third-order valence-electron chi connectivity index (χ3n) is 4.38. The van der Waals surface area contributed by atoms with Crippen LogP contribution in [-0.2, 0) is 6.42 Å². The Balaban J connectivity index is 1.84. The first kappa shape index (κ1) is 17.7. The molecule has 1 unspecified atom stereocenters. The van der Waals surface area contributed by atoms with Gasteiger partial charge in [0.15, 0.2) is 17.3 Å². The van der Waals surface area contributed by atoms with Gasteiger partial charge in [0.25, 0.3) is 0 Å². The lowest BCUT2D eigenvalue weighted by Crippen LogP contribution is -2.26. The molecule has 2 aromatic rings. The SMILES string of the molecule is COc1cc2c(cc1OC)C(=O)C(C(=S)Nc1ccc(Cl)cc1C)C2. The van der Waals surface area contributed by atoms with Crippen LogP contribution in [0, 0.1) is 12.8 Å². The van der Waals surface area contributed by atoms with Gasteiger partial charge in [-0.25, -0.2) is 0 Å². The number of thiocarbonyl (C=S) groups is 1. The zero-order valence-corrected chi connectivity index (χ0v) is 15.8. The Morgan fingerprint density at radius 1 is 1.20 bits per heavy atom. The van der Waals surface area contributed by atoms with Gasteiger partial charge in [-0.3, -0.25) is 4.79 Å². The number of benzene rings is 2.